The van der Waals surface area contributed by atoms with Crippen molar-refractivity contribution in [3.63, 3.8) is 0 Å². The predicted octanol–water partition coefficient (Wildman–Crippen LogP) is 4.27. The second kappa shape index (κ2) is 7.54. The number of carbonyl (C=O) groups excluding carboxylic acids is 2. The molecule has 148 valence electrons. The molecular weight excluding hydrogens is 350 g/mol. The van der Waals surface area contributed by atoms with E-state index in [0.717, 1.165) is 12.8 Å². The number of anilines is 2. The molecule has 1 aromatic heterocycles. The number of hydrogen-bond donors (Lipinski definition) is 2. The molecule has 0 radical (unpaired) electrons. The van der Waals surface area contributed by atoms with Gasteiger partial charge in [-0.3, -0.25) is 4.79 Å². The minimum Gasteiger partial charge on any atom is -0.464 e. The molecule has 1 aromatic rings. The molecule has 8 nitrogen and oxygen atoms in total. The van der Waals surface area contributed by atoms with Crippen molar-refractivity contribution in [1.82, 2.24) is 4.98 Å². The zero-order chi connectivity index (χ0) is 20.4. The van der Waals surface area contributed by atoms with E-state index >= 15 is 0 Å². The molecule has 0 aliphatic heterocycles. The number of carbonyl (C=O) groups is 3. The lowest BCUT2D eigenvalue weighted by molar-refractivity contribution is -0.117. The number of rotatable bonds is 5. The van der Waals surface area contributed by atoms with E-state index < -0.39 is 17.8 Å². The fraction of sp³-hybridized carbons (Fsp3) is 0.579. The highest BCUT2D eigenvalue weighted by Gasteiger charge is 2.34. The van der Waals surface area contributed by atoms with Crippen LogP contribution < -0.4 is 10.2 Å². The van der Waals surface area contributed by atoms with Crippen molar-refractivity contribution in [1.29, 1.82) is 0 Å². The summed E-state index contributed by atoms with van der Waals surface area (Å²) < 4.78 is 5.46. The van der Waals surface area contributed by atoms with Crippen LogP contribution in [0.5, 0.6) is 0 Å². The molecule has 1 saturated carbocycles. The Morgan fingerprint density at radius 2 is 1.89 bits per heavy atom. The van der Waals surface area contributed by atoms with Gasteiger partial charge in [0, 0.05) is 18.2 Å². The lowest BCUT2D eigenvalue weighted by Gasteiger charge is -2.33. The number of hydrogen-bond acceptors (Lipinski definition) is 5. The van der Waals surface area contributed by atoms with Crippen LogP contribution in [0, 0.1) is 11.3 Å². The van der Waals surface area contributed by atoms with Gasteiger partial charge in [-0.05, 0) is 44.6 Å². The number of ether oxygens (including phenoxy) is 1. The first kappa shape index (κ1) is 20.7. The van der Waals surface area contributed by atoms with Gasteiger partial charge in [-0.15, -0.1) is 0 Å². The van der Waals surface area contributed by atoms with E-state index in [-0.39, 0.29) is 28.7 Å². The van der Waals surface area contributed by atoms with Gasteiger partial charge in [0.05, 0.1) is 5.69 Å². The molecule has 27 heavy (non-hydrogen) atoms. The van der Waals surface area contributed by atoms with Crippen molar-refractivity contribution >= 4 is 29.6 Å². The number of pyridine rings is 1. The molecule has 0 unspecified atom stereocenters. The number of nitrogens with one attached hydrogen (secondary N) is 1. The largest absolute Gasteiger partial charge is 0.464 e. The summed E-state index contributed by atoms with van der Waals surface area (Å²) in [4.78, 5) is 40.6. The van der Waals surface area contributed by atoms with Gasteiger partial charge in [0.2, 0.25) is 5.91 Å². The third kappa shape index (κ3) is 6.23. The standard InChI is InChI=1S/C19H27N3O5/c1-18(2,3)11-19(4,5)27-17(26)22(16(24)25)13-8-9-20-14(10-13)21-15(23)12-6-7-12/h8-10,12H,6-7,11H2,1-5H3,(H,24,25)(H,20,21,23). The molecule has 1 aliphatic rings. The topological polar surface area (TPSA) is 109 Å². The van der Waals surface area contributed by atoms with Crippen LogP contribution >= 0.6 is 0 Å². The molecule has 1 aliphatic carbocycles. The Hall–Kier alpha value is -2.64. The van der Waals surface area contributed by atoms with E-state index in [1.165, 1.54) is 18.3 Å². The normalized spacial score (nSPS) is 14.4. The molecule has 2 N–H and O–H groups in total. The first-order valence-corrected chi connectivity index (χ1v) is 8.91. The van der Waals surface area contributed by atoms with Gasteiger partial charge in [0.25, 0.3) is 0 Å². The summed E-state index contributed by atoms with van der Waals surface area (Å²) in [6.45, 7) is 9.51. The first-order valence-electron chi connectivity index (χ1n) is 8.91. The van der Waals surface area contributed by atoms with Crippen LogP contribution in [-0.2, 0) is 9.53 Å². The van der Waals surface area contributed by atoms with Crippen molar-refractivity contribution in [2.45, 2.75) is 59.5 Å². The zero-order valence-corrected chi connectivity index (χ0v) is 16.4. The average Bonchev–Trinajstić information content (AvgIpc) is 3.28. The number of nitrogens with zero attached hydrogens (tertiary/aromatic N) is 2. The van der Waals surface area contributed by atoms with E-state index in [4.69, 9.17) is 4.74 Å². The predicted molar refractivity (Wildman–Crippen MR) is 101 cm³/mol. The summed E-state index contributed by atoms with van der Waals surface area (Å²) in [5, 5.41) is 12.1. The summed E-state index contributed by atoms with van der Waals surface area (Å²) >= 11 is 0. The molecule has 2 rings (SSSR count). The lowest BCUT2D eigenvalue weighted by Crippen LogP contribution is -2.42. The smallest absolute Gasteiger partial charge is 0.424 e. The van der Waals surface area contributed by atoms with E-state index in [9.17, 15) is 19.5 Å². The van der Waals surface area contributed by atoms with Crippen LogP contribution in [0.25, 0.3) is 0 Å². The molecule has 1 heterocycles. The lowest BCUT2D eigenvalue weighted by atomic mass is 9.84. The number of carboxylic acid groups (broad SMARTS) is 1. The molecule has 0 bridgehead atoms. The minimum atomic E-state index is -1.47. The third-order valence-corrected chi connectivity index (χ3v) is 3.89. The monoisotopic (exact) mass is 377 g/mol. The van der Waals surface area contributed by atoms with Crippen LogP contribution in [0.1, 0.15) is 53.9 Å². The van der Waals surface area contributed by atoms with Gasteiger partial charge >= 0.3 is 12.2 Å². The van der Waals surface area contributed by atoms with Gasteiger partial charge in [-0.1, -0.05) is 20.8 Å². The van der Waals surface area contributed by atoms with E-state index in [1.807, 2.05) is 20.8 Å². The van der Waals surface area contributed by atoms with Crippen molar-refractivity contribution in [3.8, 4) is 0 Å². The van der Waals surface area contributed by atoms with Crippen molar-refractivity contribution in [2.75, 3.05) is 10.2 Å². The van der Waals surface area contributed by atoms with Crippen LogP contribution in [0.3, 0.4) is 0 Å². The highest BCUT2D eigenvalue weighted by molar-refractivity contribution is 6.09. The molecule has 0 aromatic carbocycles. The zero-order valence-electron chi connectivity index (χ0n) is 16.4. The van der Waals surface area contributed by atoms with Crippen LogP contribution in [0.15, 0.2) is 18.3 Å². The molecular formula is C19H27N3O5. The molecule has 0 atom stereocenters. The van der Waals surface area contributed by atoms with Crippen LogP contribution in [0.2, 0.25) is 0 Å². The van der Waals surface area contributed by atoms with Gasteiger partial charge in [0.1, 0.15) is 11.4 Å². The Bertz CT molecular complexity index is 735. The Balaban J connectivity index is 2.17. The van der Waals surface area contributed by atoms with Crippen LogP contribution in [0.4, 0.5) is 21.1 Å². The molecule has 8 heteroatoms. The molecule has 1 fully saturated rings. The highest BCUT2D eigenvalue weighted by atomic mass is 16.6. The van der Waals surface area contributed by atoms with Crippen molar-refractivity contribution < 1.29 is 24.2 Å². The summed E-state index contributed by atoms with van der Waals surface area (Å²) in [5.74, 6) is 0.0157. The van der Waals surface area contributed by atoms with E-state index in [1.54, 1.807) is 13.8 Å². The summed E-state index contributed by atoms with van der Waals surface area (Å²) in [6, 6.07) is 2.71. The number of amides is 3. The molecule has 3 amide bonds. The van der Waals surface area contributed by atoms with E-state index in [2.05, 4.69) is 10.3 Å². The minimum absolute atomic E-state index is 0.0193. The number of imide groups is 1. The van der Waals surface area contributed by atoms with Gasteiger partial charge in [-0.2, -0.15) is 4.90 Å². The Labute approximate surface area is 158 Å². The van der Waals surface area contributed by atoms with Gasteiger partial charge in [-0.25, -0.2) is 14.6 Å². The second-order valence-electron chi connectivity index (χ2n) is 8.65. The van der Waals surface area contributed by atoms with E-state index in [0.29, 0.717) is 11.3 Å². The Morgan fingerprint density at radius 3 is 2.41 bits per heavy atom. The third-order valence-electron chi connectivity index (χ3n) is 3.89. The fourth-order valence-electron chi connectivity index (χ4n) is 3.09. The highest BCUT2D eigenvalue weighted by Crippen LogP contribution is 2.32. The SMILES string of the molecule is CC(C)(C)CC(C)(C)OC(=O)N(C(=O)O)c1ccnc(NC(=O)C2CC2)c1. The maximum atomic E-state index is 12.6. The maximum absolute atomic E-state index is 12.6. The second-order valence-corrected chi connectivity index (χ2v) is 8.65. The van der Waals surface area contributed by atoms with Gasteiger partial charge < -0.3 is 15.2 Å². The summed E-state index contributed by atoms with van der Waals surface area (Å²) in [5.41, 5.74) is -0.895. The Morgan fingerprint density at radius 1 is 1.26 bits per heavy atom. The first-order chi connectivity index (χ1) is 12.4. The van der Waals surface area contributed by atoms with Gasteiger partial charge in [0.15, 0.2) is 0 Å². The Kier molecular flexibility index (Phi) is 5.77. The maximum Gasteiger partial charge on any atom is 0.424 e. The van der Waals surface area contributed by atoms with Crippen molar-refractivity contribution in [2.24, 2.45) is 11.3 Å². The number of aromatic nitrogens is 1. The fourth-order valence-corrected chi connectivity index (χ4v) is 3.09. The van der Waals surface area contributed by atoms with Crippen LogP contribution in [-0.4, -0.2) is 33.8 Å². The van der Waals surface area contributed by atoms with Crippen molar-refractivity contribution in [3.05, 3.63) is 18.3 Å². The quantitative estimate of drug-likeness (QED) is 0.793. The molecule has 0 spiro atoms. The summed E-state index contributed by atoms with van der Waals surface area (Å²) in [6.07, 6.45) is 1.09. The summed E-state index contributed by atoms with van der Waals surface area (Å²) in [7, 11) is 0. The molecule has 0 saturated heterocycles. The average molecular weight is 377 g/mol.